The van der Waals surface area contributed by atoms with Crippen molar-refractivity contribution in [1.29, 1.82) is 0 Å². The summed E-state index contributed by atoms with van der Waals surface area (Å²) in [6.45, 7) is 4.92. The third-order valence-electron chi connectivity index (χ3n) is 3.70. The SMILES string of the molecule is CCCc1sc(C(=O)NCC(N)C2CC2)cc1CC.Cl. The first-order valence-corrected chi connectivity index (χ1v) is 8.12. The van der Waals surface area contributed by atoms with Gasteiger partial charge in [-0.1, -0.05) is 20.3 Å². The molecule has 1 unspecified atom stereocenters. The first-order valence-electron chi connectivity index (χ1n) is 7.31. The van der Waals surface area contributed by atoms with E-state index in [4.69, 9.17) is 5.73 Å². The van der Waals surface area contributed by atoms with Crippen LogP contribution in [0.3, 0.4) is 0 Å². The molecule has 1 heterocycles. The molecule has 1 amide bonds. The van der Waals surface area contributed by atoms with Crippen LogP contribution < -0.4 is 11.1 Å². The van der Waals surface area contributed by atoms with Gasteiger partial charge in [0.1, 0.15) is 0 Å². The molecule has 1 aromatic rings. The van der Waals surface area contributed by atoms with Crippen molar-refractivity contribution in [1.82, 2.24) is 5.32 Å². The van der Waals surface area contributed by atoms with Gasteiger partial charge in [-0.3, -0.25) is 4.79 Å². The molecule has 114 valence electrons. The van der Waals surface area contributed by atoms with Crippen molar-refractivity contribution in [2.75, 3.05) is 6.54 Å². The largest absolute Gasteiger partial charge is 0.350 e. The molecule has 20 heavy (non-hydrogen) atoms. The summed E-state index contributed by atoms with van der Waals surface area (Å²) in [6, 6.07) is 2.18. The number of amides is 1. The average Bonchev–Trinajstić information content (AvgIpc) is 3.18. The van der Waals surface area contributed by atoms with Crippen molar-refractivity contribution < 1.29 is 4.79 Å². The van der Waals surface area contributed by atoms with E-state index in [2.05, 4.69) is 19.2 Å². The van der Waals surface area contributed by atoms with Gasteiger partial charge in [-0.15, -0.1) is 23.7 Å². The molecule has 5 heteroatoms. The fourth-order valence-corrected chi connectivity index (χ4v) is 3.58. The van der Waals surface area contributed by atoms with E-state index in [1.54, 1.807) is 11.3 Å². The van der Waals surface area contributed by atoms with Crippen LogP contribution in [-0.2, 0) is 12.8 Å². The quantitative estimate of drug-likeness (QED) is 0.812. The Morgan fingerprint density at radius 1 is 1.50 bits per heavy atom. The minimum absolute atomic E-state index is 0. The molecule has 0 radical (unpaired) electrons. The van der Waals surface area contributed by atoms with Crippen LogP contribution in [0.5, 0.6) is 0 Å². The van der Waals surface area contributed by atoms with Gasteiger partial charge in [-0.05, 0) is 43.2 Å². The van der Waals surface area contributed by atoms with Crippen molar-refractivity contribution >= 4 is 29.7 Å². The second kappa shape index (κ2) is 8.01. The zero-order valence-electron chi connectivity index (χ0n) is 12.3. The Morgan fingerprint density at radius 2 is 2.20 bits per heavy atom. The maximum absolute atomic E-state index is 12.1. The van der Waals surface area contributed by atoms with Gasteiger partial charge in [-0.25, -0.2) is 0 Å². The Morgan fingerprint density at radius 3 is 2.75 bits per heavy atom. The van der Waals surface area contributed by atoms with Gasteiger partial charge in [0.15, 0.2) is 0 Å². The maximum Gasteiger partial charge on any atom is 0.261 e. The second-order valence-corrected chi connectivity index (χ2v) is 6.51. The van der Waals surface area contributed by atoms with Gasteiger partial charge in [0.2, 0.25) is 0 Å². The number of nitrogens with one attached hydrogen (secondary N) is 1. The number of thiophene rings is 1. The molecule has 1 fully saturated rings. The minimum Gasteiger partial charge on any atom is -0.350 e. The Balaban J connectivity index is 0.00000200. The van der Waals surface area contributed by atoms with Crippen LogP contribution in [0.25, 0.3) is 0 Å². The zero-order valence-corrected chi connectivity index (χ0v) is 13.9. The van der Waals surface area contributed by atoms with Crippen LogP contribution in [0.15, 0.2) is 6.07 Å². The summed E-state index contributed by atoms with van der Waals surface area (Å²) in [5.41, 5.74) is 7.33. The molecule has 1 aliphatic rings. The molecule has 1 aliphatic carbocycles. The van der Waals surface area contributed by atoms with Crippen LogP contribution >= 0.6 is 23.7 Å². The minimum atomic E-state index is 0. The molecule has 2 rings (SSSR count). The summed E-state index contributed by atoms with van der Waals surface area (Å²) in [5.74, 6) is 0.670. The molecule has 0 bridgehead atoms. The topological polar surface area (TPSA) is 55.1 Å². The Kier molecular flexibility index (Phi) is 7.00. The van der Waals surface area contributed by atoms with Crippen LogP contribution in [0, 0.1) is 5.92 Å². The fraction of sp³-hybridized carbons (Fsp3) is 0.667. The van der Waals surface area contributed by atoms with E-state index in [-0.39, 0.29) is 24.4 Å². The second-order valence-electron chi connectivity index (χ2n) is 5.37. The number of aryl methyl sites for hydroxylation is 2. The number of rotatable bonds is 7. The highest BCUT2D eigenvalue weighted by molar-refractivity contribution is 7.14. The number of halogens is 1. The monoisotopic (exact) mass is 316 g/mol. The smallest absolute Gasteiger partial charge is 0.261 e. The van der Waals surface area contributed by atoms with E-state index in [9.17, 15) is 4.79 Å². The van der Waals surface area contributed by atoms with Gasteiger partial charge >= 0.3 is 0 Å². The van der Waals surface area contributed by atoms with Crippen LogP contribution in [0.1, 0.15) is 53.2 Å². The number of hydrogen-bond donors (Lipinski definition) is 2. The van der Waals surface area contributed by atoms with Gasteiger partial charge in [0, 0.05) is 17.5 Å². The highest BCUT2D eigenvalue weighted by Gasteiger charge is 2.28. The van der Waals surface area contributed by atoms with E-state index >= 15 is 0 Å². The highest BCUT2D eigenvalue weighted by atomic mass is 35.5. The molecule has 0 saturated heterocycles. The van der Waals surface area contributed by atoms with Crippen LogP contribution in [-0.4, -0.2) is 18.5 Å². The third kappa shape index (κ3) is 4.47. The van der Waals surface area contributed by atoms with Gasteiger partial charge in [0.05, 0.1) is 4.88 Å². The number of nitrogens with two attached hydrogens (primary N) is 1. The predicted molar refractivity (Wildman–Crippen MR) is 88.0 cm³/mol. The van der Waals surface area contributed by atoms with Crippen LogP contribution in [0.2, 0.25) is 0 Å². The molecule has 3 nitrogen and oxygen atoms in total. The first-order chi connectivity index (χ1) is 9.15. The summed E-state index contributed by atoms with van der Waals surface area (Å²) in [4.78, 5) is 14.3. The summed E-state index contributed by atoms with van der Waals surface area (Å²) in [5, 5.41) is 2.97. The molecule has 0 spiro atoms. The maximum atomic E-state index is 12.1. The van der Waals surface area contributed by atoms with Crippen molar-refractivity contribution in [3.8, 4) is 0 Å². The lowest BCUT2D eigenvalue weighted by atomic mass is 10.1. The molecule has 1 saturated carbocycles. The number of carbonyl (C=O) groups excluding carboxylic acids is 1. The Labute approximate surface area is 131 Å². The van der Waals surface area contributed by atoms with E-state index in [1.807, 2.05) is 6.07 Å². The van der Waals surface area contributed by atoms with E-state index in [1.165, 1.54) is 23.3 Å². The normalized spacial score (nSPS) is 15.6. The standard InChI is InChI=1S/C15H24N2OS.ClH/c1-3-5-13-10(4-2)8-14(19-13)15(18)17-9-12(16)11-6-7-11;/h8,11-12H,3-7,9,16H2,1-2H3,(H,17,18);1H. The van der Waals surface area contributed by atoms with E-state index < -0.39 is 0 Å². The van der Waals surface area contributed by atoms with Crippen molar-refractivity contribution in [3.05, 3.63) is 21.4 Å². The summed E-state index contributed by atoms with van der Waals surface area (Å²) < 4.78 is 0. The average molecular weight is 317 g/mol. The molecular formula is C15H25ClN2OS. The molecule has 0 aliphatic heterocycles. The molecule has 1 aromatic heterocycles. The lowest BCUT2D eigenvalue weighted by Crippen LogP contribution is -2.38. The third-order valence-corrected chi connectivity index (χ3v) is 4.94. The Hall–Kier alpha value is -0.580. The van der Waals surface area contributed by atoms with E-state index in [0.717, 1.165) is 24.1 Å². The van der Waals surface area contributed by atoms with Crippen LogP contribution in [0.4, 0.5) is 0 Å². The lowest BCUT2D eigenvalue weighted by Gasteiger charge is -2.10. The summed E-state index contributed by atoms with van der Waals surface area (Å²) >= 11 is 1.64. The van der Waals surface area contributed by atoms with Gasteiger partial charge in [-0.2, -0.15) is 0 Å². The first kappa shape index (κ1) is 17.5. The highest BCUT2D eigenvalue weighted by Crippen LogP contribution is 2.31. The summed E-state index contributed by atoms with van der Waals surface area (Å²) in [7, 11) is 0. The molecule has 0 aromatic carbocycles. The lowest BCUT2D eigenvalue weighted by molar-refractivity contribution is 0.0954. The molecule has 1 atom stereocenters. The van der Waals surface area contributed by atoms with Crippen molar-refractivity contribution in [3.63, 3.8) is 0 Å². The number of carbonyl (C=O) groups is 1. The molecular weight excluding hydrogens is 292 g/mol. The van der Waals surface area contributed by atoms with Gasteiger partial charge in [0.25, 0.3) is 5.91 Å². The predicted octanol–water partition coefficient (Wildman–Crippen LogP) is 3.15. The fourth-order valence-electron chi connectivity index (χ4n) is 2.30. The zero-order chi connectivity index (χ0) is 13.8. The number of hydrogen-bond acceptors (Lipinski definition) is 3. The van der Waals surface area contributed by atoms with E-state index in [0.29, 0.717) is 12.5 Å². The Bertz CT molecular complexity index is 443. The van der Waals surface area contributed by atoms with Crippen molar-refractivity contribution in [2.45, 2.75) is 52.0 Å². The molecule has 3 N–H and O–H groups in total. The van der Waals surface area contributed by atoms with Gasteiger partial charge < -0.3 is 11.1 Å². The van der Waals surface area contributed by atoms with Crippen molar-refractivity contribution in [2.24, 2.45) is 11.7 Å². The summed E-state index contributed by atoms with van der Waals surface area (Å²) in [6.07, 6.45) is 5.64.